The summed E-state index contributed by atoms with van der Waals surface area (Å²) in [5, 5.41) is 6.28. The molecule has 1 aromatic carbocycles. The summed E-state index contributed by atoms with van der Waals surface area (Å²) in [6.07, 6.45) is -1.30. The molecule has 7 heteroatoms. The Kier molecular flexibility index (Phi) is 5.68. The van der Waals surface area contributed by atoms with Crippen molar-refractivity contribution >= 4 is 17.3 Å². The van der Waals surface area contributed by atoms with Crippen molar-refractivity contribution in [2.75, 3.05) is 10.6 Å². The lowest BCUT2D eigenvalue weighted by atomic mass is 9.97. The number of halogens is 3. The quantitative estimate of drug-likeness (QED) is 0.628. The average Bonchev–Trinajstić information content (AvgIpc) is 3.00. The predicted octanol–water partition coefficient (Wildman–Crippen LogP) is 5.72. The van der Waals surface area contributed by atoms with E-state index in [-0.39, 0.29) is 18.4 Å². The molecule has 0 spiro atoms. The van der Waals surface area contributed by atoms with Crippen LogP contribution in [0.2, 0.25) is 0 Å². The second kappa shape index (κ2) is 7.89. The van der Waals surface area contributed by atoms with E-state index in [9.17, 15) is 18.0 Å². The fourth-order valence-electron chi connectivity index (χ4n) is 3.79. The molecule has 29 heavy (non-hydrogen) atoms. The van der Waals surface area contributed by atoms with Gasteiger partial charge in [-0.2, -0.15) is 13.2 Å². The number of aryl methyl sites for hydroxylation is 1. The summed E-state index contributed by atoms with van der Waals surface area (Å²) in [4.78, 5) is 15.7. The molecule has 0 fully saturated rings. The molecule has 1 amide bonds. The van der Waals surface area contributed by atoms with E-state index < -0.39 is 11.9 Å². The number of hydrogen-bond donors (Lipinski definition) is 2. The number of amides is 1. The van der Waals surface area contributed by atoms with Gasteiger partial charge in [0.05, 0.1) is 17.9 Å². The standard InChI is InChI=1S/C22H24F3N3O/c1-12(2)9-20(29)28-21-13(3)10-17-16(14(21)4)6-7-18(17)27-15-5-8-19(26-11-15)22(23,24)25/h5,8,10-11,18,27H,1,6-7,9H2,2-4H3,(H,28,29). The van der Waals surface area contributed by atoms with Gasteiger partial charge >= 0.3 is 6.18 Å². The number of carbonyl (C=O) groups is 1. The molecule has 0 radical (unpaired) electrons. The number of fused-ring (bicyclic) bond motifs is 1. The monoisotopic (exact) mass is 403 g/mol. The van der Waals surface area contributed by atoms with E-state index in [1.54, 1.807) is 0 Å². The Bertz CT molecular complexity index is 949. The van der Waals surface area contributed by atoms with Gasteiger partial charge in [0.15, 0.2) is 0 Å². The number of carbonyl (C=O) groups excluding carboxylic acids is 1. The highest BCUT2D eigenvalue weighted by molar-refractivity contribution is 5.94. The van der Waals surface area contributed by atoms with Crippen molar-refractivity contribution < 1.29 is 18.0 Å². The van der Waals surface area contributed by atoms with Gasteiger partial charge < -0.3 is 10.6 Å². The first kappa shape index (κ1) is 20.9. The fourth-order valence-corrected chi connectivity index (χ4v) is 3.79. The normalized spacial score (nSPS) is 15.7. The average molecular weight is 403 g/mol. The van der Waals surface area contributed by atoms with Crippen molar-refractivity contribution in [1.29, 1.82) is 0 Å². The largest absolute Gasteiger partial charge is 0.433 e. The first-order valence-electron chi connectivity index (χ1n) is 9.43. The molecule has 0 bridgehead atoms. The van der Waals surface area contributed by atoms with Gasteiger partial charge in [0.1, 0.15) is 5.69 Å². The maximum Gasteiger partial charge on any atom is 0.433 e. The van der Waals surface area contributed by atoms with Crippen LogP contribution in [0.1, 0.15) is 53.8 Å². The van der Waals surface area contributed by atoms with Crippen LogP contribution in [-0.2, 0) is 17.4 Å². The third-order valence-electron chi connectivity index (χ3n) is 5.12. The predicted molar refractivity (Wildman–Crippen MR) is 108 cm³/mol. The molecule has 1 aliphatic rings. The molecule has 4 nitrogen and oxygen atoms in total. The zero-order valence-electron chi connectivity index (χ0n) is 16.7. The number of nitrogens with zero attached hydrogens (tertiary/aromatic N) is 1. The van der Waals surface area contributed by atoms with Gasteiger partial charge in [-0.25, -0.2) is 4.98 Å². The molecule has 3 rings (SSSR count). The van der Waals surface area contributed by atoms with E-state index >= 15 is 0 Å². The number of benzene rings is 1. The lowest BCUT2D eigenvalue weighted by Crippen LogP contribution is -2.15. The number of alkyl halides is 3. The molecule has 1 aliphatic carbocycles. The molecule has 1 heterocycles. The Hall–Kier alpha value is -2.83. The first-order chi connectivity index (χ1) is 13.6. The second-order valence-electron chi connectivity index (χ2n) is 7.61. The number of pyridine rings is 1. The molecular weight excluding hydrogens is 379 g/mol. The zero-order valence-corrected chi connectivity index (χ0v) is 16.7. The van der Waals surface area contributed by atoms with Crippen molar-refractivity contribution in [1.82, 2.24) is 4.98 Å². The lowest BCUT2D eigenvalue weighted by molar-refractivity contribution is -0.141. The summed E-state index contributed by atoms with van der Waals surface area (Å²) >= 11 is 0. The van der Waals surface area contributed by atoms with E-state index in [4.69, 9.17) is 0 Å². The van der Waals surface area contributed by atoms with Gasteiger partial charge in [0.25, 0.3) is 0 Å². The Morgan fingerprint density at radius 2 is 2.03 bits per heavy atom. The number of nitrogens with one attached hydrogen (secondary N) is 2. The molecule has 2 N–H and O–H groups in total. The summed E-state index contributed by atoms with van der Waals surface area (Å²) in [6, 6.07) is 4.41. The Morgan fingerprint density at radius 1 is 1.31 bits per heavy atom. The van der Waals surface area contributed by atoms with Crippen LogP contribution in [0.3, 0.4) is 0 Å². The molecular formula is C22H24F3N3O. The van der Waals surface area contributed by atoms with E-state index in [1.807, 2.05) is 26.8 Å². The van der Waals surface area contributed by atoms with E-state index in [0.29, 0.717) is 5.69 Å². The van der Waals surface area contributed by atoms with Crippen molar-refractivity contribution in [2.45, 2.75) is 52.3 Å². The van der Waals surface area contributed by atoms with Crippen LogP contribution >= 0.6 is 0 Å². The summed E-state index contributed by atoms with van der Waals surface area (Å²) in [7, 11) is 0. The molecule has 0 saturated carbocycles. The van der Waals surface area contributed by atoms with Gasteiger partial charge in [-0.1, -0.05) is 18.2 Å². The van der Waals surface area contributed by atoms with E-state index in [2.05, 4.69) is 22.2 Å². The van der Waals surface area contributed by atoms with Crippen LogP contribution in [0.4, 0.5) is 24.5 Å². The van der Waals surface area contributed by atoms with Crippen molar-refractivity contribution in [2.24, 2.45) is 0 Å². The fraction of sp³-hybridized carbons (Fsp3) is 0.364. The van der Waals surface area contributed by atoms with Crippen molar-refractivity contribution in [3.05, 3.63) is 64.5 Å². The minimum atomic E-state index is -4.45. The van der Waals surface area contributed by atoms with Crippen LogP contribution in [0.15, 0.2) is 36.5 Å². The second-order valence-corrected chi connectivity index (χ2v) is 7.61. The van der Waals surface area contributed by atoms with Crippen LogP contribution in [0.5, 0.6) is 0 Å². The van der Waals surface area contributed by atoms with Crippen LogP contribution in [0, 0.1) is 13.8 Å². The third-order valence-corrected chi connectivity index (χ3v) is 5.12. The third kappa shape index (κ3) is 4.60. The molecule has 1 aromatic heterocycles. The highest BCUT2D eigenvalue weighted by Crippen LogP contribution is 2.40. The highest BCUT2D eigenvalue weighted by atomic mass is 19.4. The molecule has 0 saturated heterocycles. The number of hydrogen-bond acceptors (Lipinski definition) is 3. The van der Waals surface area contributed by atoms with Gasteiger partial charge in [0.2, 0.25) is 5.91 Å². The summed E-state index contributed by atoms with van der Waals surface area (Å²) < 4.78 is 38.1. The molecule has 1 unspecified atom stereocenters. The van der Waals surface area contributed by atoms with Crippen LogP contribution < -0.4 is 10.6 Å². The van der Waals surface area contributed by atoms with Crippen LogP contribution in [0.25, 0.3) is 0 Å². The lowest BCUT2D eigenvalue weighted by Gasteiger charge is -2.20. The topological polar surface area (TPSA) is 54.0 Å². The Labute approximate surface area is 168 Å². The smallest absolute Gasteiger partial charge is 0.377 e. The van der Waals surface area contributed by atoms with Gasteiger partial charge in [-0.15, -0.1) is 0 Å². The summed E-state index contributed by atoms with van der Waals surface area (Å²) in [5.41, 5.74) is 5.53. The molecule has 2 aromatic rings. The van der Waals surface area contributed by atoms with Gasteiger partial charge in [0, 0.05) is 12.1 Å². The van der Waals surface area contributed by atoms with Crippen molar-refractivity contribution in [3.63, 3.8) is 0 Å². The van der Waals surface area contributed by atoms with Crippen molar-refractivity contribution in [3.8, 4) is 0 Å². The maximum atomic E-state index is 12.7. The SMILES string of the molecule is C=C(C)CC(=O)Nc1c(C)cc2c(c1C)CCC2Nc1ccc(C(F)(F)F)nc1. The minimum absolute atomic E-state index is 0.0129. The zero-order chi connectivity index (χ0) is 21.3. The Balaban J connectivity index is 1.81. The summed E-state index contributed by atoms with van der Waals surface area (Å²) in [5.74, 6) is -0.0906. The van der Waals surface area contributed by atoms with E-state index in [1.165, 1.54) is 17.8 Å². The molecule has 0 aliphatic heterocycles. The van der Waals surface area contributed by atoms with Gasteiger partial charge in [-0.05, 0) is 68.0 Å². The van der Waals surface area contributed by atoms with E-state index in [0.717, 1.165) is 46.9 Å². The Morgan fingerprint density at radius 3 is 2.62 bits per heavy atom. The maximum absolute atomic E-state index is 12.7. The summed E-state index contributed by atoms with van der Waals surface area (Å²) in [6.45, 7) is 9.52. The molecule has 154 valence electrons. The number of anilines is 2. The number of rotatable bonds is 5. The minimum Gasteiger partial charge on any atom is -0.377 e. The van der Waals surface area contributed by atoms with Crippen LogP contribution in [-0.4, -0.2) is 10.9 Å². The van der Waals surface area contributed by atoms with Gasteiger partial charge in [-0.3, -0.25) is 4.79 Å². The highest BCUT2D eigenvalue weighted by Gasteiger charge is 2.32. The number of aromatic nitrogens is 1. The molecule has 1 atom stereocenters. The first-order valence-corrected chi connectivity index (χ1v) is 9.43.